The summed E-state index contributed by atoms with van der Waals surface area (Å²) in [6.07, 6.45) is 5.97. The first-order valence-electron chi connectivity index (χ1n) is 10.2. The number of hydrogen-bond donors (Lipinski definition) is 6. The summed E-state index contributed by atoms with van der Waals surface area (Å²) >= 11 is 2.98. The number of aliphatic carboxylic acids is 1. The first kappa shape index (κ1) is 29.5. The predicted octanol–water partition coefficient (Wildman–Crippen LogP) is -0.492. The third kappa shape index (κ3) is 12.8. The van der Waals surface area contributed by atoms with Gasteiger partial charge < -0.3 is 32.5 Å². The number of rotatable bonds is 17. The van der Waals surface area contributed by atoms with Gasteiger partial charge in [0.25, 0.3) is 0 Å². The summed E-state index contributed by atoms with van der Waals surface area (Å²) in [5.41, 5.74) is 11.1. The van der Waals surface area contributed by atoms with Crippen LogP contribution in [0.25, 0.3) is 0 Å². The van der Waals surface area contributed by atoms with Crippen molar-refractivity contribution in [1.29, 1.82) is 0 Å². The number of hydrogen-bond acceptors (Lipinski definition) is 8. The SMILES string of the molecule is CSCCC(NC(=O)C(CCSC)NC(=O)C(CCCCN)NC(=O)C(C)N)C(=O)O. The molecule has 3 amide bonds. The number of nitrogens with two attached hydrogens (primary N) is 2. The Kier molecular flexibility index (Phi) is 16.3. The van der Waals surface area contributed by atoms with Crippen molar-refractivity contribution in [2.45, 2.75) is 63.2 Å². The Morgan fingerprint density at radius 1 is 0.806 bits per heavy atom. The normalized spacial score (nSPS) is 14.7. The maximum atomic E-state index is 12.9. The molecule has 31 heavy (non-hydrogen) atoms. The molecule has 0 aliphatic rings. The van der Waals surface area contributed by atoms with Crippen LogP contribution >= 0.6 is 23.5 Å². The van der Waals surface area contributed by atoms with Crippen molar-refractivity contribution in [2.24, 2.45) is 11.5 Å². The maximum absolute atomic E-state index is 12.9. The Balaban J connectivity index is 5.30. The van der Waals surface area contributed by atoms with Gasteiger partial charge in [-0.15, -0.1) is 0 Å². The van der Waals surface area contributed by atoms with Crippen LogP contribution in [0.2, 0.25) is 0 Å². The van der Waals surface area contributed by atoms with E-state index < -0.39 is 47.9 Å². The lowest BCUT2D eigenvalue weighted by Gasteiger charge is -2.25. The first-order valence-corrected chi connectivity index (χ1v) is 13.0. The van der Waals surface area contributed by atoms with E-state index in [-0.39, 0.29) is 6.42 Å². The lowest BCUT2D eigenvalue weighted by atomic mass is 10.1. The Labute approximate surface area is 192 Å². The summed E-state index contributed by atoms with van der Waals surface area (Å²) in [7, 11) is 0. The standard InChI is InChI=1S/C19H37N5O5S2/c1-12(21)16(25)22-13(6-4-5-9-20)17(26)23-14(7-10-30-2)18(27)24-15(19(28)29)8-11-31-3/h12-15H,4-11,20-21H2,1-3H3,(H,22,25)(H,23,26)(H,24,27)(H,28,29). The molecule has 0 aromatic rings. The molecule has 0 radical (unpaired) electrons. The molecule has 8 N–H and O–H groups in total. The summed E-state index contributed by atoms with van der Waals surface area (Å²) < 4.78 is 0. The predicted molar refractivity (Wildman–Crippen MR) is 126 cm³/mol. The number of carbonyl (C=O) groups is 4. The average Bonchev–Trinajstić information content (AvgIpc) is 2.72. The fourth-order valence-electron chi connectivity index (χ4n) is 2.61. The van der Waals surface area contributed by atoms with E-state index >= 15 is 0 Å². The smallest absolute Gasteiger partial charge is 0.326 e. The summed E-state index contributed by atoms with van der Waals surface area (Å²) in [6, 6.07) is -3.60. The van der Waals surface area contributed by atoms with Gasteiger partial charge in [-0.25, -0.2) is 4.79 Å². The summed E-state index contributed by atoms with van der Waals surface area (Å²) in [6.45, 7) is 1.97. The van der Waals surface area contributed by atoms with Crippen LogP contribution in [-0.2, 0) is 19.2 Å². The van der Waals surface area contributed by atoms with Gasteiger partial charge in [-0.05, 0) is 69.6 Å². The van der Waals surface area contributed by atoms with Gasteiger partial charge >= 0.3 is 5.97 Å². The quantitative estimate of drug-likeness (QED) is 0.150. The monoisotopic (exact) mass is 479 g/mol. The second-order valence-electron chi connectivity index (χ2n) is 7.16. The third-order valence-corrected chi connectivity index (χ3v) is 5.75. The van der Waals surface area contributed by atoms with Crippen molar-refractivity contribution < 1.29 is 24.3 Å². The van der Waals surface area contributed by atoms with Crippen LogP contribution in [0.5, 0.6) is 0 Å². The minimum absolute atomic E-state index is 0.275. The summed E-state index contributed by atoms with van der Waals surface area (Å²) in [5.74, 6) is -1.50. The number of nitrogens with one attached hydrogen (secondary N) is 3. The number of unbranched alkanes of at least 4 members (excludes halogenated alkanes) is 1. The van der Waals surface area contributed by atoms with Crippen LogP contribution in [0, 0.1) is 0 Å². The lowest BCUT2D eigenvalue weighted by molar-refractivity contribution is -0.142. The fraction of sp³-hybridized carbons (Fsp3) is 0.789. The number of amides is 3. The molecule has 0 bridgehead atoms. The largest absolute Gasteiger partial charge is 0.480 e. The lowest BCUT2D eigenvalue weighted by Crippen LogP contribution is -2.57. The molecule has 4 atom stereocenters. The second-order valence-corrected chi connectivity index (χ2v) is 9.13. The zero-order valence-electron chi connectivity index (χ0n) is 18.5. The van der Waals surface area contributed by atoms with Crippen molar-refractivity contribution in [2.75, 3.05) is 30.6 Å². The fourth-order valence-corrected chi connectivity index (χ4v) is 3.55. The summed E-state index contributed by atoms with van der Waals surface area (Å²) in [5, 5.41) is 17.2. The van der Waals surface area contributed by atoms with Gasteiger partial charge in [-0.1, -0.05) is 0 Å². The van der Waals surface area contributed by atoms with Crippen molar-refractivity contribution >= 4 is 47.2 Å². The Bertz CT molecular complexity index is 580. The zero-order chi connectivity index (χ0) is 23.8. The zero-order valence-corrected chi connectivity index (χ0v) is 20.2. The van der Waals surface area contributed by atoms with Crippen molar-refractivity contribution in [3.05, 3.63) is 0 Å². The van der Waals surface area contributed by atoms with E-state index in [0.29, 0.717) is 43.7 Å². The Hall–Kier alpha value is -1.50. The van der Waals surface area contributed by atoms with E-state index in [1.54, 1.807) is 0 Å². The van der Waals surface area contributed by atoms with Crippen LogP contribution in [0.1, 0.15) is 39.0 Å². The minimum Gasteiger partial charge on any atom is -0.480 e. The van der Waals surface area contributed by atoms with Crippen LogP contribution in [0.15, 0.2) is 0 Å². The molecule has 0 saturated heterocycles. The van der Waals surface area contributed by atoms with Gasteiger partial charge in [0.05, 0.1) is 6.04 Å². The average molecular weight is 480 g/mol. The molecule has 0 saturated carbocycles. The van der Waals surface area contributed by atoms with E-state index in [0.717, 1.165) is 0 Å². The van der Waals surface area contributed by atoms with Gasteiger partial charge in [0.15, 0.2) is 0 Å². The van der Waals surface area contributed by atoms with Crippen molar-refractivity contribution in [3.8, 4) is 0 Å². The highest BCUT2D eigenvalue weighted by atomic mass is 32.2. The Morgan fingerprint density at radius 3 is 1.71 bits per heavy atom. The van der Waals surface area contributed by atoms with E-state index in [4.69, 9.17) is 11.5 Å². The number of carboxylic acid groups (broad SMARTS) is 1. The highest BCUT2D eigenvalue weighted by Gasteiger charge is 2.29. The first-order chi connectivity index (χ1) is 14.7. The molecule has 0 rings (SSSR count). The molecule has 12 heteroatoms. The molecule has 0 heterocycles. The van der Waals surface area contributed by atoms with Crippen LogP contribution < -0.4 is 27.4 Å². The molecule has 4 unspecified atom stereocenters. The van der Waals surface area contributed by atoms with E-state index in [2.05, 4.69) is 16.0 Å². The molecule has 0 fully saturated rings. The van der Waals surface area contributed by atoms with Gasteiger partial charge in [-0.2, -0.15) is 23.5 Å². The number of carboxylic acids is 1. The number of thioether (sulfide) groups is 2. The molecule has 0 aliphatic carbocycles. The molecule has 180 valence electrons. The molecular formula is C19H37N5O5S2. The van der Waals surface area contributed by atoms with Gasteiger partial charge in [0.1, 0.15) is 18.1 Å². The van der Waals surface area contributed by atoms with Crippen molar-refractivity contribution in [1.82, 2.24) is 16.0 Å². The van der Waals surface area contributed by atoms with Crippen LogP contribution in [0.4, 0.5) is 0 Å². The highest BCUT2D eigenvalue weighted by molar-refractivity contribution is 7.98. The minimum atomic E-state index is -1.12. The number of carbonyl (C=O) groups excluding carboxylic acids is 3. The summed E-state index contributed by atoms with van der Waals surface area (Å²) in [4.78, 5) is 49.1. The Morgan fingerprint density at radius 2 is 1.26 bits per heavy atom. The van der Waals surface area contributed by atoms with Crippen LogP contribution in [-0.4, -0.2) is 83.5 Å². The van der Waals surface area contributed by atoms with Crippen LogP contribution in [0.3, 0.4) is 0 Å². The van der Waals surface area contributed by atoms with Gasteiger partial charge in [-0.3, -0.25) is 14.4 Å². The van der Waals surface area contributed by atoms with Gasteiger partial charge in [0, 0.05) is 0 Å². The molecule has 0 aromatic heterocycles. The second kappa shape index (κ2) is 17.1. The molecule has 0 aromatic carbocycles. The molecule has 0 aliphatic heterocycles. The molecule has 0 spiro atoms. The molecular weight excluding hydrogens is 442 g/mol. The maximum Gasteiger partial charge on any atom is 0.326 e. The van der Waals surface area contributed by atoms with E-state index in [1.165, 1.54) is 30.4 Å². The molecule has 10 nitrogen and oxygen atoms in total. The van der Waals surface area contributed by atoms with Crippen molar-refractivity contribution in [3.63, 3.8) is 0 Å². The van der Waals surface area contributed by atoms with E-state index in [9.17, 15) is 24.3 Å². The van der Waals surface area contributed by atoms with Gasteiger partial charge in [0.2, 0.25) is 17.7 Å². The topological polar surface area (TPSA) is 177 Å². The highest BCUT2D eigenvalue weighted by Crippen LogP contribution is 2.07. The van der Waals surface area contributed by atoms with E-state index in [1.807, 2.05) is 12.5 Å². The third-order valence-electron chi connectivity index (χ3n) is 4.46.